The van der Waals surface area contributed by atoms with Gasteiger partial charge >= 0.3 is 5.97 Å². The van der Waals surface area contributed by atoms with Crippen molar-refractivity contribution in [1.29, 1.82) is 0 Å². The summed E-state index contributed by atoms with van der Waals surface area (Å²) in [7, 11) is 5.53. The molecule has 1 amide bonds. The summed E-state index contributed by atoms with van der Waals surface area (Å²) in [5.41, 5.74) is 2.40. The fraction of sp³-hybridized carbons (Fsp3) is 0.333. The zero-order valence-electron chi connectivity index (χ0n) is 15.8. The van der Waals surface area contributed by atoms with Crippen molar-refractivity contribution in [3.05, 3.63) is 65.2 Å². The second-order valence-electron chi connectivity index (χ2n) is 6.76. The third-order valence-corrected chi connectivity index (χ3v) is 4.76. The van der Waals surface area contributed by atoms with E-state index in [1.165, 1.54) is 0 Å². The van der Waals surface area contributed by atoms with E-state index in [2.05, 4.69) is 5.32 Å². The zero-order valence-corrected chi connectivity index (χ0v) is 15.8. The number of carbonyl (C=O) groups excluding carboxylic acids is 2. The van der Waals surface area contributed by atoms with Crippen molar-refractivity contribution >= 4 is 11.9 Å². The smallest absolute Gasteiger partial charge is 0.339 e. The number of rotatable bonds is 6. The Morgan fingerprint density at radius 1 is 1.26 bits per heavy atom. The van der Waals surface area contributed by atoms with Crippen LogP contribution in [0.1, 0.15) is 27.5 Å². The summed E-state index contributed by atoms with van der Waals surface area (Å²) < 4.78 is 10.6. The van der Waals surface area contributed by atoms with Gasteiger partial charge in [0.05, 0.1) is 18.7 Å². The van der Waals surface area contributed by atoms with Crippen LogP contribution in [0, 0.1) is 0 Å². The largest absolute Gasteiger partial charge is 0.497 e. The molecule has 0 aliphatic carbocycles. The number of nitrogens with zero attached hydrogens (tertiary/aromatic N) is 1. The monoisotopic (exact) mass is 368 g/mol. The van der Waals surface area contributed by atoms with Crippen molar-refractivity contribution in [3.63, 3.8) is 0 Å². The van der Waals surface area contributed by atoms with E-state index in [0.29, 0.717) is 18.5 Å². The highest BCUT2D eigenvalue weighted by atomic mass is 16.5. The van der Waals surface area contributed by atoms with Gasteiger partial charge in [0, 0.05) is 13.0 Å². The summed E-state index contributed by atoms with van der Waals surface area (Å²) in [6, 6.07) is 14.9. The molecule has 0 radical (unpaired) electrons. The van der Waals surface area contributed by atoms with Gasteiger partial charge in [-0.25, -0.2) is 4.79 Å². The van der Waals surface area contributed by atoms with E-state index in [0.717, 1.165) is 16.9 Å². The minimum Gasteiger partial charge on any atom is -0.497 e. The van der Waals surface area contributed by atoms with Crippen LogP contribution >= 0.6 is 0 Å². The minimum absolute atomic E-state index is 0.0318. The van der Waals surface area contributed by atoms with Gasteiger partial charge < -0.3 is 19.7 Å². The summed E-state index contributed by atoms with van der Waals surface area (Å²) in [4.78, 5) is 26.7. The molecule has 0 bridgehead atoms. The summed E-state index contributed by atoms with van der Waals surface area (Å²) in [5.74, 6) is 0.0325. The third kappa shape index (κ3) is 4.28. The first-order valence-electron chi connectivity index (χ1n) is 8.86. The van der Waals surface area contributed by atoms with E-state index >= 15 is 0 Å². The van der Waals surface area contributed by atoms with Gasteiger partial charge in [-0.2, -0.15) is 0 Å². The Hall–Kier alpha value is -2.86. The fourth-order valence-corrected chi connectivity index (χ4v) is 3.24. The molecule has 0 saturated heterocycles. The van der Waals surface area contributed by atoms with E-state index in [1.54, 1.807) is 19.2 Å². The van der Waals surface area contributed by atoms with E-state index in [1.807, 2.05) is 55.4 Å². The van der Waals surface area contributed by atoms with Crippen molar-refractivity contribution in [2.45, 2.75) is 18.6 Å². The van der Waals surface area contributed by atoms with Crippen LogP contribution in [0.25, 0.3) is 0 Å². The van der Waals surface area contributed by atoms with Gasteiger partial charge in [-0.15, -0.1) is 0 Å². The molecule has 2 aromatic carbocycles. The molecule has 6 heteroatoms. The number of benzene rings is 2. The molecule has 0 fully saturated rings. The Labute approximate surface area is 159 Å². The number of carbonyl (C=O) groups is 2. The molecule has 6 nitrogen and oxygen atoms in total. The molecule has 1 aliphatic rings. The van der Waals surface area contributed by atoms with Crippen molar-refractivity contribution in [2.75, 3.05) is 27.7 Å². The van der Waals surface area contributed by atoms with Crippen molar-refractivity contribution in [3.8, 4) is 5.75 Å². The number of esters is 1. The predicted octanol–water partition coefficient (Wildman–Crippen LogP) is 2.20. The van der Waals surface area contributed by atoms with E-state index in [-0.39, 0.29) is 11.9 Å². The van der Waals surface area contributed by atoms with Crippen molar-refractivity contribution < 1.29 is 19.1 Å². The number of amides is 1. The lowest BCUT2D eigenvalue weighted by Gasteiger charge is -2.28. The van der Waals surface area contributed by atoms with E-state index in [9.17, 15) is 9.59 Å². The lowest BCUT2D eigenvalue weighted by molar-refractivity contribution is -0.130. The van der Waals surface area contributed by atoms with Gasteiger partial charge in [0.1, 0.15) is 5.75 Å². The van der Waals surface area contributed by atoms with Gasteiger partial charge in [0.25, 0.3) is 5.91 Å². The van der Waals surface area contributed by atoms with E-state index in [4.69, 9.17) is 9.47 Å². The zero-order chi connectivity index (χ0) is 19.4. The maximum absolute atomic E-state index is 12.6. The number of likely N-dealkylation sites (N-methyl/N-ethyl adjacent to an activating group) is 1. The molecule has 3 rings (SSSR count). The normalized spacial score (nSPS) is 17.0. The average Bonchev–Trinajstić information content (AvgIpc) is 2.68. The molecular weight excluding hydrogens is 344 g/mol. The average molecular weight is 368 g/mol. The highest BCUT2D eigenvalue weighted by molar-refractivity contribution is 5.95. The van der Waals surface area contributed by atoms with Crippen molar-refractivity contribution in [2.24, 2.45) is 0 Å². The number of ether oxygens (including phenoxy) is 2. The lowest BCUT2D eigenvalue weighted by atomic mass is 9.98. The molecule has 1 heterocycles. The topological polar surface area (TPSA) is 67.9 Å². The maximum atomic E-state index is 12.6. The molecule has 0 saturated carbocycles. The van der Waals surface area contributed by atoms with Crippen LogP contribution in [0.15, 0.2) is 48.5 Å². The molecule has 0 spiro atoms. The van der Waals surface area contributed by atoms with Crippen LogP contribution in [0.5, 0.6) is 5.75 Å². The van der Waals surface area contributed by atoms with Gasteiger partial charge in [0.2, 0.25) is 0 Å². The molecule has 1 N–H and O–H groups in total. The minimum atomic E-state index is -0.805. The number of hydrogen-bond donors (Lipinski definition) is 1. The lowest BCUT2D eigenvalue weighted by Crippen LogP contribution is -2.44. The first-order chi connectivity index (χ1) is 13.0. The summed E-state index contributed by atoms with van der Waals surface area (Å²) >= 11 is 0. The van der Waals surface area contributed by atoms with Gasteiger partial charge in [0.15, 0.2) is 6.10 Å². The Morgan fingerprint density at radius 2 is 2.04 bits per heavy atom. The number of fused-ring (bicyclic) bond motifs is 1. The van der Waals surface area contributed by atoms with Crippen LogP contribution in [0.3, 0.4) is 0 Å². The van der Waals surface area contributed by atoms with Crippen LogP contribution in [-0.4, -0.2) is 50.6 Å². The highest BCUT2D eigenvalue weighted by Crippen LogP contribution is 2.23. The first kappa shape index (κ1) is 18.9. The fourth-order valence-electron chi connectivity index (χ4n) is 3.24. The number of methoxy groups -OCH3 is 1. The number of nitrogens with one attached hydrogen (secondary N) is 1. The summed E-state index contributed by atoms with van der Waals surface area (Å²) in [5, 5.41) is 2.92. The second kappa shape index (κ2) is 8.22. The van der Waals surface area contributed by atoms with Crippen molar-refractivity contribution in [1.82, 2.24) is 10.2 Å². The molecule has 27 heavy (non-hydrogen) atoms. The molecule has 1 aliphatic heterocycles. The maximum Gasteiger partial charge on any atom is 0.339 e. The van der Waals surface area contributed by atoms with Crippen LogP contribution in [0.2, 0.25) is 0 Å². The number of cyclic esters (lactones) is 1. The van der Waals surface area contributed by atoms with Crippen LogP contribution in [-0.2, 0) is 16.0 Å². The van der Waals surface area contributed by atoms with Gasteiger partial charge in [-0.1, -0.05) is 30.3 Å². The summed E-state index contributed by atoms with van der Waals surface area (Å²) in [6.45, 7) is 0.398. The first-order valence-corrected chi connectivity index (χ1v) is 8.86. The Balaban J connectivity index is 1.67. The second-order valence-corrected chi connectivity index (χ2v) is 6.76. The third-order valence-electron chi connectivity index (χ3n) is 4.76. The predicted molar refractivity (Wildman–Crippen MR) is 102 cm³/mol. The molecular formula is C21H24N2O4. The SMILES string of the molecule is COc1cccc(C(CNC(=O)C2Cc3ccccc3C(=O)O2)N(C)C)c1. The Morgan fingerprint density at radius 3 is 2.78 bits per heavy atom. The van der Waals surface area contributed by atoms with Crippen LogP contribution in [0.4, 0.5) is 0 Å². The van der Waals surface area contributed by atoms with Gasteiger partial charge in [-0.05, 0) is 43.4 Å². The van der Waals surface area contributed by atoms with Crippen LogP contribution < -0.4 is 10.1 Å². The molecule has 142 valence electrons. The quantitative estimate of drug-likeness (QED) is 0.792. The number of hydrogen-bond acceptors (Lipinski definition) is 5. The molecule has 2 aromatic rings. The molecule has 2 atom stereocenters. The molecule has 0 aromatic heterocycles. The van der Waals surface area contributed by atoms with Gasteiger partial charge in [-0.3, -0.25) is 4.79 Å². The molecule has 2 unspecified atom stereocenters. The standard InChI is InChI=1S/C21H24N2O4/c1-23(2)18(15-8-6-9-16(11-15)26-3)13-22-20(24)19-12-14-7-4-5-10-17(14)21(25)27-19/h4-11,18-19H,12-13H2,1-3H3,(H,22,24). The highest BCUT2D eigenvalue weighted by Gasteiger charge is 2.31. The Kier molecular flexibility index (Phi) is 5.76. The van der Waals surface area contributed by atoms with E-state index < -0.39 is 12.1 Å². The Bertz CT molecular complexity index is 834. The summed E-state index contributed by atoms with van der Waals surface area (Å²) in [6.07, 6.45) is -0.417.